The predicted molar refractivity (Wildman–Crippen MR) is 77.6 cm³/mol. The van der Waals surface area contributed by atoms with Crippen molar-refractivity contribution in [2.24, 2.45) is 5.92 Å². The lowest BCUT2D eigenvalue weighted by Crippen LogP contribution is -2.37. The quantitative estimate of drug-likeness (QED) is 0.787. The summed E-state index contributed by atoms with van der Waals surface area (Å²) < 4.78 is 0. The Morgan fingerprint density at radius 2 is 2.32 bits per heavy atom. The minimum atomic E-state index is 0. The molecule has 1 amide bonds. The zero-order chi connectivity index (χ0) is 12.4. The van der Waals surface area contributed by atoms with Gasteiger partial charge >= 0.3 is 0 Å². The molecule has 3 rings (SSSR count). The number of aromatic amines is 1. The summed E-state index contributed by atoms with van der Waals surface area (Å²) in [7, 11) is 0. The summed E-state index contributed by atoms with van der Waals surface area (Å²) in [6.45, 7) is 1.79. The molecule has 1 unspecified atom stereocenters. The van der Waals surface area contributed by atoms with Crippen LogP contribution in [0.3, 0.4) is 0 Å². The number of amides is 1. The van der Waals surface area contributed by atoms with Crippen molar-refractivity contribution in [3.63, 3.8) is 0 Å². The van der Waals surface area contributed by atoms with Gasteiger partial charge in [-0.3, -0.25) is 9.89 Å². The minimum absolute atomic E-state index is 0. The van der Waals surface area contributed by atoms with Crippen LogP contribution in [0.25, 0.3) is 10.9 Å². The minimum Gasteiger partial charge on any atom is -0.326 e. The molecule has 1 aliphatic rings. The van der Waals surface area contributed by atoms with E-state index in [1.54, 1.807) is 6.20 Å². The number of benzene rings is 1. The number of H-pyrrole nitrogens is 1. The van der Waals surface area contributed by atoms with Gasteiger partial charge in [0.25, 0.3) is 0 Å². The van der Waals surface area contributed by atoms with Crippen LogP contribution in [0.2, 0.25) is 0 Å². The fraction of sp³-hybridized carbons (Fsp3) is 0.385. The van der Waals surface area contributed by atoms with Crippen LogP contribution in [0.15, 0.2) is 24.4 Å². The van der Waals surface area contributed by atoms with Crippen LogP contribution in [0.4, 0.5) is 5.69 Å². The maximum absolute atomic E-state index is 12.1. The third kappa shape index (κ3) is 3.05. The van der Waals surface area contributed by atoms with Gasteiger partial charge in [-0.1, -0.05) is 0 Å². The predicted octanol–water partition coefficient (Wildman–Crippen LogP) is 1.92. The highest BCUT2D eigenvalue weighted by molar-refractivity contribution is 5.95. The Bertz CT molecular complexity index is 563. The molecule has 0 aliphatic carbocycles. The van der Waals surface area contributed by atoms with Crippen molar-refractivity contribution in [3.8, 4) is 0 Å². The van der Waals surface area contributed by atoms with Crippen LogP contribution in [-0.4, -0.2) is 29.2 Å². The van der Waals surface area contributed by atoms with Crippen molar-refractivity contribution in [2.75, 3.05) is 18.4 Å². The van der Waals surface area contributed by atoms with Gasteiger partial charge in [-0.05, 0) is 37.6 Å². The van der Waals surface area contributed by atoms with E-state index in [9.17, 15) is 4.79 Å². The number of hydrogen-bond acceptors (Lipinski definition) is 3. The maximum atomic E-state index is 12.1. The largest absolute Gasteiger partial charge is 0.326 e. The molecule has 1 atom stereocenters. The fourth-order valence-electron chi connectivity index (χ4n) is 2.33. The van der Waals surface area contributed by atoms with Gasteiger partial charge in [0.2, 0.25) is 5.91 Å². The van der Waals surface area contributed by atoms with Crippen LogP contribution in [-0.2, 0) is 4.79 Å². The second-order valence-electron chi connectivity index (χ2n) is 4.70. The Hall–Kier alpha value is -1.59. The number of anilines is 1. The first-order valence-electron chi connectivity index (χ1n) is 6.27. The second-order valence-corrected chi connectivity index (χ2v) is 4.70. The van der Waals surface area contributed by atoms with E-state index in [1.165, 1.54) is 0 Å². The SMILES string of the molecule is Cl.O=C(Nc1ccc2cn[nH]c2c1)C1CCCNC1. The monoisotopic (exact) mass is 280 g/mol. The smallest absolute Gasteiger partial charge is 0.228 e. The molecule has 1 saturated heterocycles. The van der Waals surface area contributed by atoms with Crippen molar-refractivity contribution in [2.45, 2.75) is 12.8 Å². The van der Waals surface area contributed by atoms with Gasteiger partial charge in [-0.15, -0.1) is 12.4 Å². The standard InChI is InChI=1S/C13H16N4O.ClH/c18-13(10-2-1-5-14-7-10)16-11-4-3-9-8-15-17-12(9)6-11;/h3-4,6,8,10,14H,1-2,5,7H2,(H,15,17)(H,16,18);1H. The molecule has 0 bridgehead atoms. The van der Waals surface area contributed by atoms with E-state index in [0.717, 1.165) is 42.5 Å². The zero-order valence-corrected chi connectivity index (χ0v) is 11.3. The summed E-state index contributed by atoms with van der Waals surface area (Å²) in [5.74, 6) is 0.178. The molecule has 0 spiro atoms. The van der Waals surface area contributed by atoms with E-state index in [2.05, 4.69) is 20.8 Å². The molecule has 19 heavy (non-hydrogen) atoms. The van der Waals surface area contributed by atoms with Gasteiger partial charge < -0.3 is 10.6 Å². The lowest BCUT2D eigenvalue weighted by molar-refractivity contribution is -0.120. The van der Waals surface area contributed by atoms with Crippen molar-refractivity contribution in [1.29, 1.82) is 0 Å². The van der Waals surface area contributed by atoms with Gasteiger partial charge in [-0.25, -0.2) is 0 Å². The molecule has 0 radical (unpaired) electrons. The normalized spacial score (nSPS) is 18.8. The lowest BCUT2D eigenvalue weighted by Gasteiger charge is -2.21. The Kier molecular flexibility index (Phi) is 4.39. The van der Waals surface area contributed by atoms with Crippen LogP contribution >= 0.6 is 12.4 Å². The lowest BCUT2D eigenvalue weighted by atomic mass is 9.99. The number of nitrogens with zero attached hydrogens (tertiary/aromatic N) is 1. The number of aromatic nitrogens is 2. The Balaban J connectivity index is 0.00000133. The third-order valence-electron chi connectivity index (χ3n) is 3.38. The van der Waals surface area contributed by atoms with Crippen molar-refractivity contribution >= 4 is 34.9 Å². The molecule has 2 aromatic rings. The fourth-order valence-corrected chi connectivity index (χ4v) is 2.33. The first-order chi connectivity index (χ1) is 8.83. The molecule has 5 nitrogen and oxygen atoms in total. The molecule has 3 N–H and O–H groups in total. The Morgan fingerprint density at radius 1 is 1.42 bits per heavy atom. The molecule has 2 heterocycles. The number of rotatable bonds is 2. The van der Waals surface area contributed by atoms with E-state index in [1.807, 2.05) is 18.2 Å². The number of hydrogen-bond donors (Lipinski definition) is 3. The molecular weight excluding hydrogens is 264 g/mol. The van der Waals surface area contributed by atoms with Crippen molar-refractivity contribution in [3.05, 3.63) is 24.4 Å². The van der Waals surface area contributed by atoms with Crippen LogP contribution in [0.1, 0.15) is 12.8 Å². The van der Waals surface area contributed by atoms with Gasteiger partial charge in [0.15, 0.2) is 0 Å². The summed E-state index contributed by atoms with van der Waals surface area (Å²) in [6, 6.07) is 5.77. The number of carbonyl (C=O) groups excluding carboxylic acids is 1. The second kappa shape index (κ2) is 6.04. The number of piperidine rings is 1. The average molecular weight is 281 g/mol. The molecule has 0 saturated carbocycles. The van der Waals surface area contributed by atoms with Crippen molar-refractivity contribution in [1.82, 2.24) is 15.5 Å². The number of fused-ring (bicyclic) bond motifs is 1. The first-order valence-corrected chi connectivity index (χ1v) is 6.27. The molecule has 1 fully saturated rings. The molecule has 6 heteroatoms. The summed E-state index contributed by atoms with van der Waals surface area (Å²) in [5.41, 5.74) is 1.76. The number of halogens is 1. The van der Waals surface area contributed by atoms with Crippen LogP contribution < -0.4 is 10.6 Å². The number of carbonyl (C=O) groups is 1. The van der Waals surface area contributed by atoms with E-state index in [0.29, 0.717) is 0 Å². The molecule has 102 valence electrons. The van der Waals surface area contributed by atoms with Gasteiger partial charge in [0.1, 0.15) is 0 Å². The van der Waals surface area contributed by atoms with Gasteiger partial charge in [-0.2, -0.15) is 5.10 Å². The van der Waals surface area contributed by atoms with E-state index in [-0.39, 0.29) is 24.2 Å². The highest BCUT2D eigenvalue weighted by Gasteiger charge is 2.20. The van der Waals surface area contributed by atoms with Gasteiger partial charge in [0, 0.05) is 17.6 Å². The Morgan fingerprint density at radius 3 is 3.11 bits per heavy atom. The number of nitrogens with one attached hydrogen (secondary N) is 3. The van der Waals surface area contributed by atoms with E-state index >= 15 is 0 Å². The molecular formula is C13H17ClN4O. The third-order valence-corrected chi connectivity index (χ3v) is 3.38. The molecule has 1 aromatic carbocycles. The Labute approximate surface area is 117 Å². The summed E-state index contributed by atoms with van der Waals surface area (Å²) in [6.07, 6.45) is 3.80. The molecule has 1 aliphatic heterocycles. The molecule has 1 aromatic heterocycles. The van der Waals surface area contributed by atoms with E-state index < -0.39 is 0 Å². The first kappa shape index (κ1) is 13.8. The topological polar surface area (TPSA) is 69.8 Å². The van der Waals surface area contributed by atoms with Gasteiger partial charge in [0.05, 0.1) is 17.6 Å². The summed E-state index contributed by atoms with van der Waals surface area (Å²) in [4.78, 5) is 12.1. The average Bonchev–Trinajstić information content (AvgIpc) is 2.87. The summed E-state index contributed by atoms with van der Waals surface area (Å²) >= 11 is 0. The highest BCUT2D eigenvalue weighted by Crippen LogP contribution is 2.18. The zero-order valence-electron chi connectivity index (χ0n) is 10.5. The maximum Gasteiger partial charge on any atom is 0.228 e. The van der Waals surface area contributed by atoms with Crippen molar-refractivity contribution < 1.29 is 4.79 Å². The highest BCUT2D eigenvalue weighted by atomic mass is 35.5. The summed E-state index contributed by atoms with van der Waals surface area (Å²) in [5, 5.41) is 14.1. The van der Waals surface area contributed by atoms with Crippen LogP contribution in [0.5, 0.6) is 0 Å². The van der Waals surface area contributed by atoms with E-state index in [4.69, 9.17) is 0 Å². The van der Waals surface area contributed by atoms with Crippen LogP contribution in [0, 0.1) is 5.92 Å².